The fourth-order valence-corrected chi connectivity index (χ4v) is 3.99. The molecule has 1 saturated heterocycles. The van der Waals surface area contributed by atoms with Gasteiger partial charge in [-0.25, -0.2) is 0 Å². The van der Waals surface area contributed by atoms with Crippen molar-refractivity contribution >= 4 is 5.91 Å². The van der Waals surface area contributed by atoms with Gasteiger partial charge in [-0.2, -0.15) is 0 Å². The van der Waals surface area contributed by atoms with Crippen LogP contribution in [0.2, 0.25) is 0 Å². The van der Waals surface area contributed by atoms with Crippen molar-refractivity contribution in [2.45, 2.75) is 57.1 Å². The summed E-state index contributed by atoms with van der Waals surface area (Å²) in [5.74, 6) is 1.35. The molecule has 1 aliphatic heterocycles. The van der Waals surface area contributed by atoms with Crippen molar-refractivity contribution in [2.24, 2.45) is 0 Å². The molecular weight excluding hydrogens is 330 g/mol. The Morgan fingerprint density at radius 3 is 2.88 bits per heavy atom. The highest BCUT2D eigenvalue weighted by Crippen LogP contribution is 2.29. The van der Waals surface area contributed by atoms with Gasteiger partial charge in [0.15, 0.2) is 0 Å². The minimum absolute atomic E-state index is 0.230. The van der Waals surface area contributed by atoms with Crippen molar-refractivity contribution in [2.75, 3.05) is 13.2 Å². The minimum Gasteiger partial charge on any atom is -0.421 e. The summed E-state index contributed by atoms with van der Waals surface area (Å²) in [6, 6.07) is 10.0. The van der Waals surface area contributed by atoms with Crippen molar-refractivity contribution in [3.05, 3.63) is 36.2 Å². The first-order chi connectivity index (χ1) is 12.8. The van der Waals surface area contributed by atoms with Gasteiger partial charge in [-0.15, -0.1) is 10.2 Å². The summed E-state index contributed by atoms with van der Waals surface area (Å²) in [4.78, 5) is 14.7. The standard InChI is InChI=1S/C20H25N3O3/c24-19(23-13-14-25-17-10-5-4-9-16(17)23)12-6-11-18-21-22-20(26-18)15-7-2-1-3-8-15/h1-3,7-8,16-17H,4-6,9-14H2/t16-,17-/m1/s1. The molecule has 2 aliphatic rings. The zero-order valence-corrected chi connectivity index (χ0v) is 15.0. The van der Waals surface area contributed by atoms with E-state index in [0.717, 1.165) is 31.4 Å². The normalized spacial score (nSPS) is 22.8. The Balaban J connectivity index is 1.29. The summed E-state index contributed by atoms with van der Waals surface area (Å²) in [6.45, 7) is 1.38. The van der Waals surface area contributed by atoms with E-state index >= 15 is 0 Å². The van der Waals surface area contributed by atoms with Crippen LogP contribution in [0.25, 0.3) is 11.5 Å². The summed E-state index contributed by atoms with van der Waals surface area (Å²) in [7, 11) is 0. The lowest BCUT2D eigenvalue weighted by Gasteiger charge is -2.43. The highest BCUT2D eigenvalue weighted by molar-refractivity contribution is 5.76. The van der Waals surface area contributed by atoms with E-state index in [1.807, 2.05) is 30.3 Å². The lowest BCUT2D eigenvalue weighted by molar-refractivity contribution is -0.149. The number of rotatable bonds is 5. The molecule has 2 fully saturated rings. The number of benzene rings is 1. The third-order valence-electron chi connectivity index (χ3n) is 5.32. The molecule has 26 heavy (non-hydrogen) atoms. The molecule has 2 atom stereocenters. The number of fused-ring (bicyclic) bond motifs is 1. The maximum atomic E-state index is 12.7. The maximum Gasteiger partial charge on any atom is 0.247 e. The second-order valence-electron chi connectivity index (χ2n) is 7.07. The van der Waals surface area contributed by atoms with Gasteiger partial charge in [-0.05, 0) is 31.4 Å². The first kappa shape index (κ1) is 17.2. The van der Waals surface area contributed by atoms with Gasteiger partial charge >= 0.3 is 0 Å². The van der Waals surface area contributed by atoms with Crippen molar-refractivity contribution < 1.29 is 13.9 Å². The molecule has 138 valence electrons. The number of nitrogens with zero attached hydrogens (tertiary/aromatic N) is 3. The van der Waals surface area contributed by atoms with E-state index in [1.165, 1.54) is 12.8 Å². The fourth-order valence-electron chi connectivity index (χ4n) is 3.99. The molecule has 0 spiro atoms. The second kappa shape index (κ2) is 7.99. The summed E-state index contributed by atoms with van der Waals surface area (Å²) in [5, 5.41) is 8.21. The van der Waals surface area contributed by atoms with Gasteiger partial charge in [0, 0.05) is 24.9 Å². The number of amides is 1. The summed E-state index contributed by atoms with van der Waals surface area (Å²) in [5.41, 5.74) is 0.916. The third kappa shape index (κ3) is 3.80. The summed E-state index contributed by atoms with van der Waals surface area (Å²) < 4.78 is 11.6. The molecule has 1 aromatic carbocycles. The second-order valence-corrected chi connectivity index (χ2v) is 7.07. The van der Waals surface area contributed by atoms with E-state index in [2.05, 4.69) is 15.1 Å². The highest BCUT2D eigenvalue weighted by Gasteiger charge is 2.36. The van der Waals surface area contributed by atoms with Crippen LogP contribution in [-0.2, 0) is 16.0 Å². The third-order valence-corrected chi connectivity index (χ3v) is 5.32. The van der Waals surface area contributed by atoms with Crippen LogP contribution in [0, 0.1) is 0 Å². The number of aromatic nitrogens is 2. The van der Waals surface area contributed by atoms with Crippen LogP contribution in [0.1, 0.15) is 44.4 Å². The molecule has 1 saturated carbocycles. The molecule has 4 rings (SSSR count). The zero-order chi connectivity index (χ0) is 17.8. The van der Waals surface area contributed by atoms with Gasteiger partial charge in [0.2, 0.25) is 17.7 Å². The van der Waals surface area contributed by atoms with E-state index < -0.39 is 0 Å². The van der Waals surface area contributed by atoms with E-state index in [-0.39, 0.29) is 18.1 Å². The Labute approximate surface area is 153 Å². The molecule has 0 N–H and O–H groups in total. The quantitative estimate of drug-likeness (QED) is 0.824. The van der Waals surface area contributed by atoms with Gasteiger partial charge in [-0.3, -0.25) is 4.79 Å². The molecular formula is C20H25N3O3. The highest BCUT2D eigenvalue weighted by atomic mass is 16.5. The first-order valence-electron chi connectivity index (χ1n) is 9.60. The minimum atomic E-state index is 0.230. The molecule has 2 aromatic rings. The molecule has 2 heterocycles. The number of ether oxygens (including phenoxy) is 1. The molecule has 0 unspecified atom stereocenters. The van der Waals surface area contributed by atoms with Crippen LogP contribution in [0.3, 0.4) is 0 Å². The van der Waals surface area contributed by atoms with Gasteiger partial charge < -0.3 is 14.1 Å². The maximum absolute atomic E-state index is 12.7. The number of hydrogen-bond donors (Lipinski definition) is 0. The largest absolute Gasteiger partial charge is 0.421 e. The van der Waals surface area contributed by atoms with Gasteiger partial charge in [0.05, 0.1) is 18.8 Å². The Morgan fingerprint density at radius 2 is 2.00 bits per heavy atom. The van der Waals surface area contributed by atoms with Crippen molar-refractivity contribution in [1.29, 1.82) is 0 Å². The van der Waals surface area contributed by atoms with Crippen LogP contribution in [0.15, 0.2) is 34.7 Å². The van der Waals surface area contributed by atoms with Crippen molar-refractivity contribution in [3.8, 4) is 11.5 Å². The fraction of sp³-hybridized carbons (Fsp3) is 0.550. The van der Waals surface area contributed by atoms with Crippen molar-refractivity contribution in [1.82, 2.24) is 15.1 Å². The molecule has 1 amide bonds. The topological polar surface area (TPSA) is 68.5 Å². The Hall–Kier alpha value is -2.21. The smallest absolute Gasteiger partial charge is 0.247 e. The number of aryl methyl sites for hydroxylation is 1. The van der Waals surface area contributed by atoms with Gasteiger partial charge in [0.25, 0.3) is 0 Å². The van der Waals surface area contributed by atoms with Gasteiger partial charge in [0.1, 0.15) is 0 Å². The molecule has 1 aromatic heterocycles. The van der Waals surface area contributed by atoms with Crippen LogP contribution in [0.4, 0.5) is 0 Å². The van der Waals surface area contributed by atoms with Crippen LogP contribution in [0.5, 0.6) is 0 Å². The average molecular weight is 355 g/mol. The first-order valence-corrected chi connectivity index (χ1v) is 9.60. The van der Waals surface area contributed by atoms with E-state index in [1.54, 1.807) is 0 Å². The average Bonchev–Trinajstić information content (AvgIpc) is 3.17. The van der Waals surface area contributed by atoms with E-state index in [4.69, 9.17) is 9.15 Å². The van der Waals surface area contributed by atoms with Crippen LogP contribution >= 0.6 is 0 Å². The molecule has 0 bridgehead atoms. The van der Waals surface area contributed by atoms with E-state index in [9.17, 15) is 4.79 Å². The summed E-state index contributed by atoms with van der Waals surface area (Å²) in [6.07, 6.45) is 6.67. The van der Waals surface area contributed by atoms with Crippen LogP contribution in [-0.4, -0.2) is 46.3 Å². The number of carbonyl (C=O) groups is 1. The molecule has 0 radical (unpaired) electrons. The number of carbonyl (C=O) groups excluding carboxylic acids is 1. The van der Waals surface area contributed by atoms with Gasteiger partial charge in [-0.1, -0.05) is 31.0 Å². The zero-order valence-electron chi connectivity index (χ0n) is 15.0. The number of hydrogen-bond acceptors (Lipinski definition) is 5. The Kier molecular flexibility index (Phi) is 5.29. The number of morpholine rings is 1. The monoisotopic (exact) mass is 355 g/mol. The lowest BCUT2D eigenvalue weighted by Crippen LogP contribution is -2.54. The predicted octanol–water partition coefficient (Wildman–Crippen LogP) is 3.23. The van der Waals surface area contributed by atoms with Crippen molar-refractivity contribution in [3.63, 3.8) is 0 Å². The molecule has 6 nitrogen and oxygen atoms in total. The lowest BCUT2D eigenvalue weighted by atomic mass is 9.90. The molecule has 1 aliphatic carbocycles. The SMILES string of the molecule is O=C(CCCc1nnc(-c2ccccc2)o1)N1CCO[C@@H]2CCCC[C@H]21. The Bertz CT molecular complexity index is 729. The van der Waals surface area contributed by atoms with Crippen LogP contribution < -0.4 is 0 Å². The predicted molar refractivity (Wildman–Crippen MR) is 96.4 cm³/mol. The van der Waals surface area contributed by atoms with E-state index in [0.29, 0.717) is 31.2 Å². The Morgan fingerprint density at radius 1 is 1.15 bits per heavy atom. The molecule has 6 heteroatoms. The summed E-state index contributed by atoms with van der Waals surface area (Å²) >= 11 is 0.